The van der Waals surface area contributed by atoms with Crippen molar-refractivity contribution in [3.05, 3.63) is 67.5 Å². The van der Waals surface area contributed by atoms with Crippen molar-refractivity contribution < 1.29 is 0 Å². The normalized spacial score (nSPS) is 14.0. The Balaban J connectivity index is 1.31. The number of nitrogens with zero attached hydrogens (tertiary/aromatic N) is 7. The maximum Gasteiger partial charge on any atom is 0.181 e. The second-order valence-electron chi connectivity index (χ2n) is 8.66. The smallest absolute Gasteiger partial charge is 0.181 e. The Hall–Kier alpha value is -4.70. The minimum atomic E-state index is 0.192. The monoisotopic (exact) mass is 460 g/mol. The van der Waals surface area contributed by atoms with Crippen LogP contribution in [0, 0.1) is 0 Å². The fraction of sp³-hybridized carbons (Fsp3) is 0.120. The third-order valence-electron chi connectivity index (χ3n) is 6.33. The van der Waals surface area contributed by atoms with E-state index in [-0.39, 0.29) is 6.04 Å². The van der Waals surface area contributed by atoms with Crippen LogP contribution in [0.15, 0.2) is 67.5 Å². The van der Waals surface area contributed by atoms with Gasteiger partial charge >= 0.3 is 0 Å². The lowest BCUT2D eigenvalue weighted by atomic mass is 10.1. The third kappa shape index (κ3) is 3.30. The third-order valence-corrected chi connectivity index (χ3v) is 6.33. The van der Waals surface area contributed by atoms with Crippen LogP contribution in [0.4, 0.5) is 5.82 Å². The average molecular weight is 461 g/mol. The second kappa shape index (κ2) is 7.67. The molecule has 6 aromatic rings. The zero-order valence-electron chi connectivity index (χ0n) is 18.6. The van der Waals surface area contributed by atoms with Crippen molar-refractivity contribution in [2.75, 3.05) is 18.0 Å². The van der Waals surface area contributed by atoms with Gasteiger partial charge in [-0.1, -0.05) is 0 Å². The highest BCUT2D eigenvalue weighted by molar-refractivity contribution is 5.99. The Kier molecular flexibility index (Phi) is 4.33. The lowest BCUT2D eigenvalue weighted by Gasteiger charge is -2.37. The lowest BCUT2D eigenvalue weighted by Crippen LogP contribution is -2.56. The van der Waals surface area contributed by atoms with Gasteiger partial charge in [0.1, 0.15) is 5.82 Å². The van der Waals surface area contributed by atoms with E-state index in [0.29, 0.717) is 5.65 Å². The van der Waals surface area contributed by atoms with Gasteiger partial charge in [0.15, 0.2) is 5.65 Å². The summed E-state index contributed by atoms with van der Waals surface area (Å²) in [5.74, 6) is 0.823. The molecule has 7 rings (SSSR count). The Morgan fingerprint density at radius 3 is 2.63 bits per heavy atom. The molecule has 4 N–H and O–H groups in total. The van der Waals surface area contributed by atoms with Crippen LogP contribution in [0.2, 0.25) is 0 Å². The Bertz CT molecular complexity index is 1680. The highest BCUT2D eigenvalue weighted by atomic mass is 15.3. The van der Waals surface area contributed by atoms with Crippen LogP contribution in [0.25, 0.3) is 55.8 Å². The molecule has 1 saturated heterocycles. The molecule has 7 heterocycles. The number of hydrogen-bond donors (Lipinski definition) is 3. The zero-order valence-corrected chi connectivity index (χ0v) is 18.6. The largest absolute Gasteiger partial charge is 0.353 e. The molecule has 170 valence electrons. The fourth-order valence-electron chi connectivity index (χ4n) is 4.52. The van der Waals surface area contributed by atoms with Crippen LogP contribution in [-0.4, -0.2) is 59.2 Å². The SMILES string of the molecule is NC1CN(c2cncc(-c3cnc4n[nH]c(-c5cc6c(-c7ccncc7)nccc6[nH]5)c4c3)n2)C1. The number of H-pyrrole nitrogens is 2. The lowest BCUT2D eigenvalue weighted by molar-refractivity contribution is 0.514. The first-order chi connectivity index (χ1) is 17.2. The Labute approximate surface area is 199 Å². The van der Waals surface area contributed by atoms with E-state index in [1.54, 1.807) is 37.2 Å². The number of nitrogens with two attached hydrogens (primary N) is 1. The Morgan fingerprint density at radius 1 is 0.886 bits per heavy atom. The van der Waals surface area contributed by atoms with Gasteiger partial charge in [0, 0.05) is 71.3 Å². The van der Waals surface area contributed by atoms with Crippen molar-refractivity contribution in [3.8, 4) is 33.9 Å². The number of pyridine rings is 3. The van der Waals surface area contributed by atoms with E-state index in [2.05, 4.69) is 46.1 Å². The number of anilines is 1. The maximum absolute atomic E-state index is 5.93. The molecule has 0 atom stereocenters. The summed E-state index contributed by atoms with van der Waals surface area (Å²) < 4.78 is 0. The van der Waals surface area contributed by atoms with Crippen LogP contribution >= 0.6 is 0 Å². The van der Waals surface area contributed by atoms with Gasteiger partial charge in [-0.05, 0) is 30.3 Å². The zero-order chi connectivity index (χ0) is 23.4. The van der Waals surface area contributed by atoms with Crippen molar-refractivity contribution in [1.82, 2.24) is 40.1 Å². The summed E-state index contributed by atoms with van der Waals surface area (Å²) in [5, 5.41) is 9.48. The van der Waals surface area contributed by atoms with Gasteiger partial charge in [0.05, 0.1) is 35.2 Å². The first-order valence-corrected chi connectivity index (χ1v) is 11.3. The molecule has 0 amide bonds. The number of nitrogens with one attached hydrogen (secondary N) is 2. The number of aromatic amines is 2. The standard InChI is InChI=1S/C25H20N10/c26-16-12-35(13-16)22-11-28-10-21(32-22)15-7-18-24(33-34-25(18)30-9-15)20-8-17-19(31-20)3-6-29-23(17)14-1-4-27-5-2-14/h1-11,16,31H,12-13,26H2,(H,30,33,34). The molecule has 10 nitrogen and oxygen atoms in total. The molecule has 1 fully saturated rings. The van der Waals surface area contributed by atoms with E-state index in [4.69, 9.17) is 10.7 Å². The van der Waals surface area contributed by atoms with Crippen molar-refractivity contribution in [1.29, 1.82) is 0 Å². The van der Waals surface area contributed by atoms with E-state index in [1.807, 2.05) is 24.3 Å². The summed E-state index contributed by atoms with van der Waals surface area (Å²) >= 11 is 0. The van der Waals surface area contributed by atoms with Gasteiger partial charge in [0.25, 0.3) is 0 Å². The van der Waals surface area contributed by atoms with Gasteiger partial charge in [-0.15, -0.1) is 0 Å². The molecular weight excluding hydrogens is 440 g/mol. The maximum atomic E-state index is 5.93. The van der Waals surface area contributed by atoms with Crippen LogP contribution in [0.5, 0.6) is 0 Å². The molecule has 1 aliphatic heterocycles. The number of hydrogen-bond acceptors (Lipinski definition) is 8. The Morgan fingerprint density at radius 2 is 1.77 bits per heavy atom. The predicted molar refractivity (Wildman–Crippen MR) is 133 cm³/mol. The number of rotatable bonds is 4. The van der Waals surface area contributed by atoms with Gasteiger partial charge in [-0.3, -0.25) is 20.1 Å². The highest BCUT2D eigenvalue weighted by Gasteiger charge is 2.24. The predicted octanol–water partition coefficient (Wildman–Crippen LogP) is 3.17. The summed E-state index contributed by atoms with van der Waals surface area (Å²) in [6.07, 6.45) is 10.6. The van der Waals surface area contributed by atoms with Gasteiger partial charge in [-0.25, -0.2) is 9.97 Å². The van der Waals surface area contributed by atoms with Crippen LogP contribution in [0.1, 0.15) is 0 Å². The fourth-order valence-corrected chi connectivity index (χ4v) is 4.52. The van der Waals surface area contributed by atoms with E-state index in [1.165, 1.54) is 0 Å². The molecule has 35 heavy (non-hydrogen) atoms. The molecule has 0 aromatic carbocycles. The molecule has 0 radical (unpaired) electrons. The van der Waals surface area contributed by atoms with Crippen LogP contribution in [-0.2, 0) is 0 Å². The first kappa shape index (κ1) is 19.7. The molecule has 0 bridgehead atoms. The summed E-state index contributed by atoms with van der Waals surface area (Å²) in [7, 11) is 0. The molecule has 0 spiro atoms. The van der Waals surface area contributed by atoms with E-state index >= 15 is 0 Å². The summed E-state index contributed by atoms with van der Waals surface area (Å²) in [4.78, 5) is 28.1. The topological polar surface area (TPSA) is 138 Å². The van der Waals surface area contributed by atoms with Gasteiger partial charge in [-0.2, -0.15) is 5.10 Å². The molecule has 1 aliphatic rings. The van der Waals surface area contributed by atoms with Crippen LogP contribution < -0.4 is 10.6 Å². The van der Waals surface area contributed by atoms with Crippen molar-refractivity contribution in [2.24, 2.45) is 5.73 Å². The average Bonchev–Trinajstić information content (AvgIpc) is 3.51. The molecular formula is C25H20N10. The summed E-state index contributed by atoms with van der Waals surface area (Å²) in [5.41, 5.74) is 12.8. The number of aromatic nitrogens is 8. The first-order valence-electron chi connectivity index (χ1n) is 11.3. The van der Waals surface area contributed by atoms with Crippen molar-refractivity contribution in [2.45, 2.75) is 6.04 Å². The van der Waals surface area contributed by atoms with Gasteiger partial charge < -0.3 is 15.6 Å². The minimum Gasteiger partial charge on any atom is -0.353 e. The van der Waals surface area contributed by atoms with Gasteiger partial charge in [0.2, 0.25) is 0 Å². The molecule has 0 saturated carbocycles. The number of fused-ring (bicyclic) bond motifs is 2. The summed E-state index contributed by atoms with van der Waals surface area (Å²) in [6.45, 7) is 1.58. The van der Waals surface area contributed by atoms with Crippen LogP contribution in [0.3, 0.4) is 0 Å². The van der Waals surface area contributed by atoms with E-state index < -0.39 is 0 Å². The molecule has 6 aromatic heterocycles. The van der Waals surface area contributed by atoms with Crippen molar-refractivity contribution >= 4 is 27.8 Å². The minimum absolute atomic E-state index is 0.192. The quantitative estimate of drug-likeness (QED) is 0.365. The van der Waals surface area contributed by atoms with E-state index in [0.717, 1.165) is 69.1 Å². The van der Waals surface area contributed by atoms with E-state index in [9.17, 15) is 0 Å². The van der Waals surface area contributed by atoms with Crippen molar-refractivity contribution in [3.63, 3.8) is 0 Å². The molecule has 0 aliphatic carbocycles. The summed E-state index contributed by atoms with van der Waals surface area (Å²) in [6, 6.07) is 10.2. The molecule has 0 unspecified atom stereocenters. The molecule has 10 heteroatoms. The highest BCUT2D eigenvalue weighted by Crippen LogP contribution is 2.33. The second-order valence-corrected chi connectivity index (χ2v) is 8.66.